The molecular weight excluding hydrogens is 286 g/mol. The predicted molar refractivity (Wildman–Crippen MR) is 87.4 cm³/mol. The van der Waals surface area contributed by atoms with Crippen LogP contribution >= 0.6 is 0 Å². The fourth-order valence-electron chi connectivity index (χ4n) is 2.12. The summed E-state index contributed by atoms with van der Waals surface area (Å²) in [5.41, 5.74) is 2.29. The molecule has 0 fully saturated rings. The van der Waals surface area contributed by atoms with E-state index in [4.69, 9.17) is 4.74 Å². The van der Waals surface area contributed by atoms with E-state index in [0.29, 0.717) is 0 Å². The fraction of sp³-hybridized carbons (Fsp3) is 0.625. The van der Waals surface area contributed by atoms with Crippen molar-refractivity contribution >= 4 is 9.84 Å². The molecule has 21 heavy (non-hydrogen) atoms. The number of nitrogens with one attached hydrogen (secondary N) is 1. The van der Waals surface area contributed by atoms with Crippen molar-refractivity contribution in [3.63, 3.8) is 0 Å². The second-order valence-electron chi connectivity index (χ2n) is 5.21. The number of rotatable bonds is 10. The molecule has 0 spiro atoms. The van der Waals surface area contributed by atoms with Gasteiger partial charge in [0.25, 0.3) is 0 Å². The zero-order valence-electron chi connectivity index (χ0n) is 13.3. The molecule has 0 amide bonds. The Hall–Kier alpha value is -0.910. The molecule has 1 N–H and O–H groups in total. The van der Waals surface area contributed by atoms with Gasteiger partial charge < -0.3 is 10.1 Å². The number of benzene rings is 1. The Labute approximate surface area is 128 Å². The van der Waals surface area contributed by atoms with E-state index in [-0.39, 0.29) is 24.2 Å². The molecule has 1 aromatic rings. The number of ether oxygens (including phenoxy) is 1. The highest BCUT2D eigenvalue weighted by molar-refractivity contribution is 7.91. The molecule has 0 aliphatic heterocycles. The Balaban J connectivity index is 2.83. The van der Waals surface area contributed by atoms with Crippen molar-refractivity contribution in [1.29, 1.82) is 0 Å². The lowest BCUT2D eigenvalue weighted by Crippen LogP contribution is -2.30. The Morgan fingerprint density at radius 2 is 1.86 bits per heavy atom. The zero-order chi connectivity index (χ0) is 15.7. The largest absolute Gasteiger partial charge is 0.384 e. The van der Waals surface area contributed by atoms with Crippen molar-refractivity contribution in [2.75, 3.05) is 31.8 Å². The highest BCUT2D eigenvalue weighted by atomic mass is 32.2. The van der Waals surface area contributed by atoms with E-state index >= 15 is 0 Å². The molecule has 5 heteroatoms. The van der Waals surface area contributed by atoms with E-state index in [1.54, 1.807) is 0 Å². The van der Waals surface area contributed by atoms with Crippen molar-refractivity contribution in [2.45, 2.75) is 32.7 Å². The molecule has 0 saturated heterocycles. The van der Waals surface area contributed by atoms with E-state index in [1.807, 2.05) is 12.1 Å². The van der Waals surface area contributed by atoms with E-state index in [9.17, 15) is 8.42 Å². The quantitative estimate of drug-likeness (QED) is 0.720. The van der Waals surface area contributed by atoms with E-state index < -0.39 is 9.84 Å². The summed E-state index contributed by atoms with van der Waals surface area (Å²) >= 11 is 0. The van der Waals surface area contributed by atoms with Crippen LogP contribution in [0.5, 0.6) is 0 Å². The number of hydrogen-bond donors (Lipinski definition) is 1. The normalized spacial score (nSPS) is 13.3. The van der Waals surface area contributed by atoms with Crippen molar-refractivity contribution in [2.24, 2.45) is 0 Å². The lowest BCUT2D eigenvalue weighted by molar-refractivity contribution is 0.217. The molecule has 1 rings (SSSR count). The molecule has 1 unspecified atom stereocenters. The topological polar surface area (TPSA) is 55.4 Å². The number of hydrogen-bond acceptors (Lipinski definition) is 4. The van der Waals surface area contributed by atoms with Crippen LogP contribution in [0.3, 0.4) is 0 Å². The molecule has 0 bridgehead atoms. The van der Waals surface area contributed by atoms with Gasteiger partial charge in [-0.15, -0.1) is 0 Å². The Bertz CT molecular complexity index is 497. The van der Waals surface area contributed by atoms with Crippen LogP contribution in [-0.4, -0.2) is 40.2 Å². The zero-order valence-corrected chi connectivity index (χ0v) is 14.1. The van der Waals surface area contributed by atoms with Gasteiger partial charge in [0.15, 0.2) is 9.84 Å². The second kappa shape index (κ2) is 9.18. The first kappa shape index (κ1) is 18.1. The third kappa shape index (κ3) is 6.59. The van der Waals surface area contributed by atoms with Gasteiger partial charge in [-0.3, -0.25) is 0 Å². The van der Waals surface area contributed by atoms with Gasteiger partial charge in [0, 0.05) is 13.2 Å². The Morgan fingerprint density at radius 3 is 2.38 bits per heavy atom. The molecule has 0 aromatic heterocycles. The number of methoxy groups -OCH3 is 1. The molecule has 0 aliphatic rings. The maximum absolute atomic E-state index is 12.1. The summed E-state index contributed by atoms with van der Waals surface area (Å²) in [5.74, 6) is 0.183. The average Bonchev–Trinajstić information content (AvgIpc) is 2.49. The highest BCUT2D eigenvalue weighted by Gasteiger charge is 2.20. The van der Waals surface area contributed by atoms with Crippen LogP contribution in [0.4, 0.5) is 0 Å². The lowest BCUT2D eigenvalue weighted by atomic mass is 10.0. The number of sulfone groups is 1. The third-order valence-electron chi connectivity index (χ3n) is 3.45. The summed E-state index contributed by atoms with van der Waals surface area (Å²) in [4.78, 5) is 0. The van der Waals surface area contributed by atoms with Crippen LogP contribution in [0, 0.1) is 0 Å². The Morgan fingerprint density at radius 1 is 1.19 bits per heavy atom. The SMILES string of the molecule is CCCNC(CS(=O)(=O)CCOC)c1ccc(CC)cc1. The standard InChI is InChI=1S/C16H27NO3S/c1-4-10-17-16(13-21(18,19)12-11-20-3)15-8-6-14(5-2)7-9-15/h6-9,16-17H,4-5,10-13H2,1-3H3. The van der Waals surface area contributed by atoms with Crippen molar-refractivity contribution in [3.8, 4) is 0 Å². The first-order valence-electron chi connectivity index (χ1n) is 7.54. The molecule has 1 atom stereocenters. The smallest absolute Gasteiger partial charge is 0.154 e. The molecule has 0 saturated carbocycles. The van der Waals surface area contributed by atoms with Crippen LogP contribution in [-0.2, 0) is 21.0 Å². The number of aryl methyl sites for hydroxylation is 1. The maximum atomic E-state index is 12.1. The minimum atomic E-state index is -3.12. The monoisotopic (exact) mass is 313 g/mol. The van der Waals surface area contributed by atoms with Crippen LogP contribution < -0.4 is 5.32 Å². The van der Waals surface area contributed by atoms with Crippen molar-refractivity contribution in [1.82, 2.24) is 5.32 Å². The average molecular weight is 313 g/mol. The third-order valence-corrected chi connectivity index (χ3v) is 5.08. The van der Waals surface area contributed by atoms with Crippen LogP contribution in [0.15, 0.2) is 24.3 Å². The molecule has 1 aromatic carbocycles. The van der Waals surface area contributed by atoms with E-state index in [1.165, 1.54) is 12.7 Å². The molecular formula is C16H27NO3S. The summed E-state index contributed by atoms with van der Waals surface area (Å²) in [6.45, 7) is 5.23. The van der Waals surface area contributed by atoms with Crippen LogP contribution in [0.2, 0.25) is 0 Å². The van der Waals surface area contributed by atoms with Crippen LogP contribution in [0.1, 0.15) is 37.4 Å². The van der Waals surface area contributed by atoms with Gasteiger partial charge in [0.1, 0.15) is 0 Å². The Kier molecular flexibility index (Phi) is 7.93. The summed E-state index contributed by atoms with van der Waals surface area (Å²) in [7, 11) is -1.61. The molecule has 0 heterocycles. The van der Waals surface area contributed by atoms with E-state index in [2.05, 4.69) is 31.3 Å². The summed E-state index contributed by atoms with van der Waals surface area (Å²) < 4.78 is 29.2. The summed E-state index contributed by atoms with van der Waals surface area (Å²) in [5, 5.41) is 3.34. The highest BCUT2D eigenvalue weighted by Crippen LogP contribution is 2.17. The predicted octanol–water partition coefficient (Wildman–Crippen LogP) is 2.35. The summed E-state index contributed by atoms with van der Waals surface area (Å²) in [6.07, 6.45) is 1.96. The van der Waals surface area contributed by atoms with E-state index in [0.717, 1.165) is 24.9 Å². The van der Waals surface area contributed by atoms with Gasteiger partial charge in [-0.1, -0.05) is 38.1 Å². The fourth-order valence-corrected chi connectivity index (χ4v) is 3.53. The van der Waals surface area contributed by atoms with Crippen LogP contribution in [0.25, 0.3) is 0 Å². The molecule has 0 aliphatic carbocycles. The molecule has 120 valence electrons. The van der Waals surface area contributed by atoms with Gasteiger partial charge in [-0.05, 0) is 30.5 Å². The van der Waals surface area contributed by atoms with Crippen molar-refractivity contribution < 1.29 is 13.2 Å². The van der Waals surface area contributed by atoms with Gasteiger partial charge in [0.05, 0.1) is 18.1 Å². The second-order valence-corrected chi connectivity index (χ2v) is 7.44. The molecule has 0 radical (unpaired) electrons. The van der Waals surface area contributed by atoms with Gasteiger partial charge in [-0.2, -0.15) is 0 Å². The van der Waals surface area contributed by atoms with Gasteiger partial charge in [-0.25, -0.2) is 8.42 Å². The lowest BCUT2D eigenvalue weighted by Gasteiger charge is -2.19. The summed E-state index contributed by atoms with van der Waals surface area (Å²) in [6, 6.07) is 8.03. The first-order chi connectivity index (χ1) is 10.0. The maximum Gasteiger partial charge on any atom is 0.154 e. The first-order valence-corrected chi connectivity index (χ1v) is 9.36. The minimum absolute atomic E-state index is 0.0703. The van der Waals surface area contributed by atoms with Crippen molar-refractivity contribution in [3.05, 3.63) is 35.4 Å². The minimum Gasteiger partial charge on any atom is -0.384 e. The molecule has 4 nitrogen and oxygen atoms in total. The van der Waals surface area contributed by atoms with Gasteiger partial charge >= 0.3 is 0 Å². The van der Waals surface area contributed by atoms with Gasteiger partial charge in [0.2, 0.25) is 0 Å².